The fraction of sp³-hybridized carbons (Fsp3) is 0.917. The van der Waals surface area contributed by atoms with Crippen LogP contribution in [0.2, 0.25) is 0 Å². The van der Waals surface area contributed by atoms with Crippen LogP contribution in [0, 0.1) is 0 Å². The standard InChI is InChI=1S/C36H62O16/c1-8-9-10-11-12-13-14-15-16-17-18-44-34-26(41)25(40)29(19(2)45-34)51-35-28(43)32(31(21(4)46-35)49-23(6)38)52-36-33(50-24(7)39)27(42)30(20(3)47-36)48-22(5)37/h19-21,25-36,40-43H,8-18H2,1-7H3. The molecule has 0 spiro atoms. The average Bonchev–Trinajstić information content (AvgIpc) is 3.07. The number of esters is 3. The highest BCUT2D eigenvalue weighted by Gasteiger charge is 2.55. The summed E-state index contributed by atoms with van der Waals surface area (Å²) in [6, 6.07) is 0. The van der Waals surface area contributed by atoms with Crippen molar-refractivity contribution in [3.05, 3.63) is 0 Å². The van der Waals surface area contributed by atoms with E-state index < -0.39 is 110 Å². The van der Waals surface area contributed by atoms with Gasteiger partial charge < -0.3 is 63.1 Å². The van der Waals surface area contributed by atoms with Gasteiger partial charge in [-0.2, -0.15) is 0 Å². The summed E-state index contributed by atoms with van der Waals surface area (Å²) in [5.41, 5.74) is 0. The highest BCUT2D eigenvalue weighted by atomic mass is 16.8. The van der Waals surface area contributed by atoms with Crippen LogP contribution in [-0.2, 0) is 57.0 Å². The Morgan fingerprint density at radius 2 is 0.923 bits per heavy atom. The van der Waals surface area contributed by atoms with E-state index in [1.807, 2.05) is 0 Å². The minimum absolute atomic E-state index is 0.341. The lowest BCUT2D eigenvalue weighted by atomic mass is 9.96. The van der Waals surface area contributed by atoms with Crippen LogP contribution in [0.15, 0.2) is 0 Å². The molecule has 3 fully saturated rings. The van der Waals surface area contributed by atoms with Crippen LogP contribution in [0.5, 0.6) is 0 Å². The van der Waals surface area contributed by atoms with Gasteiger partial charge in [-0.25, -0.2) is 0 Å². The van der Waals surface area contributed by atoms with Crippen LogP contribution in [0.4, 0.5) is 0 Å². The second kappa shape index (κ2) is 21.8. The van der Waals surface area contributed by atoms with Crippen molar-refractivity contribution in [2.24, 2.45) is 0 Å². The van der Waals surface area contributed by atoms with Crippen LogP contribution in [0.1, 0.15) is 113 Å². The second-order valence-electron chi connectivity index (χ2n) is 14.1. The summed E-state index contributed by atoms with van der Waals surface area (Å²) in [6.07, 6.45) is -8.21. The van der Waals surface area contributed by atoms with Crippen LogP contribution in [0.3, 0.4) is 0 Å². The number of aliphatic hydroxyl groups is 4. The van der Waals surface area contributed by atoms with Gasteiger partial charge in [-0.1, -0.05) is 64.7 Å². The van der Waals surface area contributed by atoms with Gasteiger partial charge in [-0.3, -0.25) is 14.4 Å². The van der Waals surface area contributed by atoms with E-state index in [4.69, 9.17) is 42.6 Å². The third kappa shape index (κ3) is 12.8. The molecule has 3 aliphatic rings. The molecule has 3 rings (SSSR count). The molecule has 16 heteroatoms. The summed E-state index contributed by atoms with van der Waals surface area (Å²) in [5, 5.41) is 44.6. The lowest BCUT2D eigenvalue weighted by Gasteiger charge is -2.48. The Kier molecular flexibility index (Phi) is 18.6. The van der Waals surface area contributed by atoms with Gasteiger partial charge in [0, 0.05) is 27.4 Å². The molecule has 0 bridgehead atoms. The van der Waals surface area contributed by atoms with Crippen molar-refractivity contribution < 1.29 is 77.4 Å². The Labute approximate surface area is 306 Å². The van der Waals surface area contributed by atoms with Gasteiger partial charge in [-0.15, -0.1) is 0 Å². The van der Waals surface area contributed by atoms with Gasteiger partial charge in [0.25, 0.3) is 0 Å². The maximum atomic E-state index is 12.1. The number of aliphatic hydroxyl groups excluding tert-OH is 4. The van der Waals surface area contributed by atoms with Crippen LogP contribution >= 0.6 is 0 Å². The van der Waals surface area contributed by atoms with Gasteiger partial charge in [0.2, 0.25) is 0 Å². The summed E-state index contributed by atoms with van der Waals surface area (Å²) in [6.45, 7) is 10.6. The van der Waals surface area contributed by atoms with E-state index in [-0.39, 0.29) is 0 Å². The molecule has 3 aliphatic heterocycles. The molecule has 0 aromatic carbocycles. The van der Waals surface area contributed by atoms with Gasteiger partial charge in [0.1, 0.15) is 36.6 Å². The molecule has 0 radical (unpaired) electrons. The van der Waals surface area contributed by atoms with Crippen molar-refractivity contribution >= 4 is 17.9 Å². The minimum atomic E-state index is -1.72. The predicted octanol–water partition coefficient (Wildman–Crippen LogP) is 2.17. The molecule has 0 saturated carbocycles. The summed E-state index contributed by atoms with van der Waals surface area (Å²) < 4.78 is 51.5. The first-order valence-electron chi connectivity index (χ1n) is 18.8. The van der Waals surface area contributed by atoms with E-state index in [9.17, 15) is 34.8 Å². The maximum Gasteiger partial charge on any atom is 0.303 e. The molecule has 3 saturated heterocycles. The number of carbonyl (C=O) groups is 3. The Morgan fingerprint density at radius 3 is 1.50 bits per heavy atom. The zero-order valence-electron chi connectivity index (χ0n) is 31.6. The highest BCUT2D eigenvalue weighted by molar-refractivity contribution is 5.67. The van der Waals surface area contributed by atoms with Crippen molar-refractivity contribution in [3.63, 3.8) is 0 Å². The SMILES string of the molecule is CCCCCCCCCCCCOC1OC(C)C(OC2OC(C)C(OC(C)=O)C(OC3OC(C)C(OC(C)=O)C(O)C3OC(C)=O)C2O)C(O)C1O. The number of carbonyl (C=O) groups excluding carboxylic acids is 3. The minimum Gasteiger partial charge on any atom is -0.457 e. The second-order valence-corrected chi connectivity index (χ2v) is 14.1. The topological polar surface area (TPSA) is 215 Å². The van der Waals surface area contributed by atoms with Crippen molar-refractivity contribution in [1.82, 2.24) is 0 Å². The third-order valence-corrected chi connectivity index (χ3v) is 9.55. The smallest absolute Gasteiger partial charge is 0.303 e. The van der Waals surface area contributed by atoms with E-state index in [0.29, 0.717) is 6.61 Å². The van der Waals surface area contributed by atoms with E-state index in [2.05, 4.69) is 6.92 Å². The Bertz CT molecular complexity index is 1090. The largest absolute Gasteiger partial charge is 0.457 e. The molecule has 15 atom stereocenters. The molecule has 4 N–H and O–H groups in total. The summed E-state index contributed by atoms with van der Waals surface area (Å²) in [4.78, 5) is 35.8. The summed E-state index contributed by atoms with van der Waals surface area (Å²) in [7, 11) is 0. The van der Waals surface area contributed by atoms with Crippen molar-refractivity contribution in [2.75, 3.05) is 6.61 Å². The first kappa shape index (κ1) is 44.4. The highest BCUT2D eigenvalue weighted by Crippen LogP contribution is 2.35. The molecule has 52 heavy (non-hydrogen) atoms. The first-order valence-corrected chi connectivity index (χ1v) is 18.8. The number of hydrogen-bond acceptors (Lipinski definition) is 16. The predicted molar refractivity (Wildman–Crippen MR) is 181 cm³/mol. The average molecular weight is 751 g/mol. The van der Waals surface area contributed by atoms with Crippen LogP contribution < -0.4 is 0 Å². The maximum absolute atomic E-state index is 12.1. The van der Waals surface area contributed by atoms with Crippen molar-refractivity contribution in [2.45, 2.75) is 205 Å². The number of ether oxygens (including phenoxy) is 9. The number of hydrogen-bond donors (Lipinski definition) is 4. The molecule has 16 nitrogen and oxygen atoms in total. The first-order chi connectivity index (χ1) is 24.7. The Hall–Kier alpha value is -1.99. The molecular weight excluding hydrogens is 688 g/mol. The zero-order valence-corrected chi connectivity index (χ0v) is 31.6. The van der Waals surface area contributed by atoms with Gasteiger partial charge in [0.15, 0.2) is 37.2 Å². The molecule has 0 amide bonds. The van der Waals surface area contributed by atoms with Crippen LogP contribution in [-0.4, -0.2) is 137 Å². The molecule has 302 valence electrons. The van der Waals surface area contributed by atoms with Gasteiger partial charge >= 0.3 is 17.9 Å². The fourth-order valence-corrected chi connectivity index (χ4v) is 6.82. The molecular formula is C36H62O16. The molecule has 3 heterocycles. The molecule has 15 unspecified atom stereocenters. The quantitative estimate of drug-likeness (QED) is 0.0846. The van der Waals surface area contributed by atoms with Gasteiger partial charge in [0.05, 0.1) is 18.3 Å². The number of rotatable bonds is 19. The van der Waals surface area contributed by atoms with E-state index >= 15 is 0 Å². The van der Waals surface area contributed by atoms with E-state index in [1.54, 1.807) is 6.92 Å². The van der Waals surface area contributed by atoms with Crippen molar-refractivity contribution in [3.8, 4) is 0 Å². The van der Waals surface area contributed by atoms with Crippen LogP contribution in [0.25, 0.3) is 0 Å². The lowest BCUT2D eigenvalue weighted by Crippen LogP contribution is -2.66. The van der Waals surface area contributed by atoms with E-state index in [0.717, 1.165) is 40.0 Å². The summed E-state index contributed by atoms with van der Waals surface area (Å²) >= 11 is 0. The molecule has 0 aliphatic carbocycles. The monoisotopic (exact) mass is 750 g/mol. The third-order valence-electron chi connectivity index (χ3n) is 9.55. The Morgan fingerprint density at radius 1 is 0.481 bits per heavy atom. The number of unbranched alkanes of at least 4 members (excludes halogenated alkanes) is 9. The van der Waals surface area contributed by atoms with Crippen molar-refractivity contribution in [1.29, 1.82) is 0 Å². The normalized spacial score (nSPS) is 38.0. The summed E-state index contributed by atoms with van der Waals surface area (Å²) in [5.74, 6) is -2.23. The molecule has 0 aromatic heterocycles. The lowest BCUT2D eigenvalue weighted by molar-refractivity contribution is -0.374. The molecule has 0 aromatic rings. The zero-order chi connectivity index (χ0) is 38.5. The van der Waals surface area contributed by atoms with Gasteiger partial charge in [-0.05, 0) is 27.2 Å². The Balaban J connectivity index is 1.63. The van der Waals surface area contributed by atoms with E-state index in [1.165, 1.54) is 58.8 Å². The fourth-order valence-electron chi connectivity index (χ4n) is 6.82.